The van der Waals surface area contributed by atoms with Gasteiger partial charge in [-0.05, 0) is 37.6 Å². The number of nitrogens with one attached hydrogen (secondary N) is 2. The Labute approximate surface area is 192 Å². The molecule has 0 aliphatic rings. The second-order valence-corrected chi connectivity index (χ2v) is 7.68. The van der Waals surface area contributed by atoms with Crippen molar-refractivity contribution in [1.29, 1.82) is 0 Å². The number of para-hydroxylation sites is 1. The molecule has 33 heavy (non-hydrogen) atoms. The van der Waals surface area contributed by atoms with Crippen molar-refractivity contribution in [2.24, 2.45) is 0 Å². The zero-order chi connectivity index (χ0) is 23.0. The second kappa shape index (κ2) is 10.5. The third-order valence-corrected chi connectivity index (χ3v) is 5.43. The summed E-state index contributed by atoms with van der Waals surface area (Å²) in [4.78, 5) is 29.9. The van der Waals surface area contributed by atoms with Gasteiger partial charge in [0, 0.05) is 60.3 Å². The molecule has 0 fully saturated rings. The van der Waals surface area contributed by atoms with Gasteiger partial charge in [0.2, 0.25) is 0 Å². The maximum Gasteiger partial charge on any atom is 0.267 e. The van der Waals surface area contributed by atoms with Gasteiger partial charge in [0.15, 0.2) is 0 Å². The fraction of sp³-hybridized carbons (Fsp3) is 0.192. The minimum absolute atomic E-state index is 0.213. The number of fused-ring (bicyclic) bond motifs is 1. The fourth-order valence-electron chi connectivity index (χ4n) is 3.73. The largest absolute Gasteiger partial charge is 0.351 e. The van der Waals surface area contributed by atoms with Gasteiger partial charge in [0.25, 0.3) is 11.8 Å². The molecule has 0 saturated heterocycles. The van der Waals surface area contributed by atoms with Crippen LogP contribution in [-0.2, 0) is 17.9 Å². The van der Waals surface area contributed by atoms with Gasteiger partial charge in [0.05, 0.1) is 6.33 Å². The van der Waals surface area contributed by atoms with E-state index < -0.39 is 0 Å². The van der Waals surface area contributed by atoms with E-state index in [9.17, 15) is 9.59 Å². The number of nitrogens with zero attached hydrogens (tertiary/aromatic N) is 3. The maximum atomic E-state index is 13.1. The Hall–Kier alpha value is -4.13. The van der Waals surface area contributed by atoms with E-state index in [-0.39, 0.29) is 17.5 Å². The molecule has 2 heterocycles. The lowest BCUT2D eigenvalue weighted by atomic mass is 10.1. The Kier molecular flexibility index (Phi) is 6.99. The third-order valence-electron chi connectivity index (χ3n) is 5.43. The Bertz CT molecular complexity index is 1260. The summed E-state index contributed by atoms with van der Waals surface area (Å²) in [6.07, 6.45) is 9.86. The summed E-state index contributed by atoms with van der Waals surface area (Å²) < 4.78 is 4.08. The lowest BCUT2D eigenvalue weighted by Gasteiger charge is -2.11. The first kappa shape index (κ1) is 22.1. The summed E-state index contributed by atoms with van der Waals surface area (Å²) in [6, 6.07) is 16.9. The molecule has 0 aliphatic heterocycles. The van der Waals surface area contributed by atoms with Crippen LogP contribution in [0, 0.1) is 0 Å². The SMILES string of the molecule is CCn1cc(/C=C(\NC(=O)c2ccccc2)C(=O)NCCCn2ccnc2)c2ccccc21. The van der Waals surface area contributed by atoms with Gasteiger partial charge >= 0.3 is 0 Å². The molecule has 0 atom stereocenters. The highest BCUT2D eigenvalue weighted by atomic mass is 16.2. The molecule has 2 N–H and O–H groups in total. The van der Waals surface area contributed by atoms with Crippen LogP contribution in [0.1, 0.15) is 29.3 Å². The number of amides is 2. The molecule has 0 bridgehead atoms. The zero-order valence-corrected chi connectivity index (χ0v) is 18.6. The molecule has 0 saturated carbocycles. The molecule has 4 rings (SSSR count). The summed E-state index contributed by atoms with van der Waals surface area (Å²) >= 11 is 0. The number of benzene rings is 2. The van der Waals surface area contributed by atoms with E-state index >= 15 is 0 Å². The highest BCUT2D eigenvalue weighted by Gasteiger charge is 2.16. The van der Waals surface area contributed by atoms with Crippen molar-refractivity contribution in [2.75, 3.05) is 6.54 Å². The highest BCUT2D eigenvalue weighted by molar-refractivity contribution is 6.06. The van der Waals surface area contributed by atoms with Crippen LogP contribution in [0.15, 0.2) is 85.2 Å². The number of carbonyl (C=O) groups excluding carboxylic acids is 2. The van der Waals surface area contributed by atoms with Gasteiger partial charge < -0.3 is 19.8 Å². The minimum Gasteiger partial charge on any atom is -0.351 e. The Morgan fingerprint density at radius 2 is 1.85 bits per heavy atom. The quantitative estimate of drug-likeness (QED) is 0.306. The van der Waals surface area contributed by atoms with Crippen LogP contribution >= 0.6 is 0 Å². The smallest absolute Gasteiger partial charge is 0.267 e. The van der Waals surface area contributed by atoms with Gasteiger partial charge in [-0.15, -0.1) is 0 Å². The van der Waals surface area contributed by atoms with E-state index in [1.807, 2.05) is 41.2 Å². The Morgan fingerprint density at radius 3 is 2.61 bits per heavy atom. The van der Waals surface area contributed by atoms with Crippen molar-refractivity contribution >= 4 is 28.8 Å². The van der Waals surface area contributed by atoms with Crippen molar-refractivity contribution < 1.29 is 9.59 Å². The third kappa shape index (κ3) is 5.38. The lowest BCUT2D eigenvalue weighted by molar-refractivity contribution is -0.117. The first-order valence-corrected chi connectivity index (χ1v) is 11.1. The summed E-state index contributed by atoms with van der Waals surface area (Å²) in [5, 5.41) is 6.77. The van der Waals surface area contributed by atoms with Crippen molar-refractivity contribution in [3.63, 3.8) is 0 Å². The first-order valence-electron chi connectivity index (χ1n) is 11.1. The molecule has 2 aromatic heterocycles. The molecule has 7 nitrogen and oxygen atoms in total. The Morgan fingerprint density at radius 1 is 1.06 bits per heavy atom. The van der Waals surface area contributed by atoms with E-state index in [2.05, 4.69) is 33.2 Å². The molecule has 0 unspecified atom stereocenters. The van der Waals surface area contributed by atoms with Gasteiger partial charge in [-0.3, -0.25) is 9.59 Å². The fourth-order valence-corrected chi connectivity index (χ4v) is 3.73. The number of hydrogen-bond acceptors (Lipinski definition) is 3. The highest BCUT2D eigenvalue weighted by Crippen LogP contribution is 2.23. The van der Waals surface area contributed by atoms with Crippen molar-refractivity contribution in [3.05, 3.63) is 96.3 Å². The molecular weight excluding hydrogens is 414 g/mol. The summed E-state index contributed by atoms with van der Waals surface area (Å²) in [6.45, 7) is 4.11. The number of aromatic nitrogens is 3. The molecule has 7 heteroatoms. The first-order chi connectivity index (χ1) is 16.2. The van der Waals surface area contributed by atoms with Crippen LogP contribution in [0.2, 0.25) is 0 Å². The van der Waals surface area contributed by atoms with Crippen LogP contribution in [0.25, 0.3) is 17.0 Å². The molecule has 0 radical (unpaired) electrons. The van der Waals surface area contributed by atoms with E-state index in [4.69, 9.17) is 0 Å². The van der Waals surface area contributed by atoms with Crippen LogP contribution < -0.4 is 10.6 Å². The van der Waals surface area contributed by atoms with Crippen molar-refractivity contribution in [3.8, 4) is 0 Å². The number of rotatable bonds is 9. The van der Waals surface area contributed by atoms with Crippen LogP contribution in [0.4, 0.5) is 0 Å². The molecule has 168 valence electrons. The second-order valence-electron chi connectivity index (χ2n) is 7.68. The number of carbonyl (C=O) groups is 2. The van der Waals surface area contributed by atoms with Gasteiger partial charge in [0.1, 0.15) is 5.70 Å². The predicted octanol–water partition coefficient (Wildman–Crippen LogP) is 3.84. The number of hydrogen-bond donors (Lipinski definition) is 2. The molecule has 0 spiro atoms. The Balaban J connectivity index is 1.57. The van der Waals surface area contributed by atoms with E-state index in [1.54, 1.807) is 42.9 Å². The maximum absolute atomic E-state index is 13.1. The van der Waals surface area contributed by atoms with Crippen LogP contribution in [0.5, 0.6) is 0 Å². The molecular formula is C26H27N5O2. The minimum atomic E-state index is -0.324. The molecule has 4 aromatic rings. The van der Waals surface area contributed by atoms with Gasteiger partial charge in [-0.1, -0.05) is 36.4 Å². The average Bonchev–Trinajstić information content (AvgIpc) is 3.50. The van der Waals surface area contributed by atoms with Gasteiger partial charge in [-0.25, -0.2) is 4.98 Å². The molecule has 2 amide bonds. The predicted molar refractivity (Wildman–Crippen MR) is 129 cm³/mol. The molecule has 0 aliphatic carbocycles. The summed E-state index contributed by atoms with van der Waals surface area (Å²) in [5.74, 6) is -0.645. The van der Waals surface area contributed by atoms with Gasteiger partial charge in [-0.2, -0.15) is 0 Å². The average molecular weight is 442 g/mol. The monoisotopic (exact) mass is 441 g/mol. The zero-order valence-electron chi connectivity index (χ0n) is 18.6. The van der Waals surface area contributed by atoms with Crippen LogP contribution in [0.3, 0.4) is 0 Å². The summed E-state index contributed by atoms with van der Waals surface area (Å²) in [5.41, 5.74) is 2.67. The summed E-state index contributed by atoms with van der Waals surface area (Å²) in [7, 11) is 0. The van der Waals surface area contributed by atoms with Crippen molar-refractivity contribution in [1.82, 2.24) is 24.8 Å². The topological polar surface area (TPSA) is 81.0 Å². The number of imidazole rings is 1. The normalized spacial score (nSPS) is 11.5. The van der Waals surface area contributed by atoms with Crippen molar-refractivity contribution in [2.45, 2.75) is 26.4 Å². The van der Waals surface area contributed by atoms with Crippen LogP contribution in [-0.4, -0.2) is 32.5 Å². The van der Waals surface area contributed by atoms with E-state index in [1.165, 1.54) is 0 Å². The van der Waals surface area contributed by atoms with E-state index in [0.717, 1.165) is 36.0 Å². The van der Waals surface area contributed by atoms with E-state index in [0.29, 0.717) is 12.1 Å². The lowest BCUT2D eigenvalue weighted by Crippen LogP contribution is -2.35. The number of aryl methyl sites for hydroxylation is 2. The molecule has 2 aromatic carbocycles. The standard InChI is InChI=1S/C26H27N5O2/c1-2-31-18-21(22-11-6-7-12-24(22)31)17-23(29-25(32)20-9-4-3-5-10-20)26(33)28-13-8-15-30-16-14-27-19-30/h3-7,9-12,14,16-19H,2,8,13,15H2,1H3,(H,28,33)(H,29,32)/b23-17-.